The summed E-state index contributed by atoms with van der Waals surface area (Å²) in [5, 5.41) is 2.75. The van der Waals surface area contributed by atoms with E-state index in [-0.39, 0.29) is 6.04 Å². The van der Waals surface area contributed by atoms with Crippen molar-refractivity contribution in [1.29, 1.82) is 0 Å². The number of ether oxygens (including phenoxy) is 1. The van der Waals surface area contributed by atoms with Crippen molar-refractivity contribution in [3.8, 4) is 0 Å². The van der Waals surface area contributed by atoms with Crippen molar-refractivity contribution >= 4 is 21.9 Å². The van der Waals surface area contributed by atoms with Crippen LogP contribution in [0.5, 0.6) is 0 Å². The van der Waals surface area contributed by atoms with Gasteiger partial charge >= 0.3 is 5.97 Å². The molecule has 1 aromatic rings. The Morgan fingerprint density at radius 1 is 1.28 bits per heavy atom. The molecule has 1 atom stereocenters. The van der Waals surface area contributed by atoms with Crippen molar-refractivity contribution in [3.05, 3.63) is 30.1 Å². The Hall–Kier alpha value is -2.00. The fourth-order valence-corrected chi connectivity index (χ4v) is 3.88. The summed E-state index contributed by atoms with van der Waals surface area (Å²) in [6.45, 7) is 0.775. The first-order chi connectivity index (χ1) is 11.8. The molecule has 0 spiro atoms. The summed E-state index contributed by atoms with van der Waals surface area (Å²) in [5.41, 5.74) is 0. The molecule has 2 N–H and O–H groups in total. The molecule has 9 heteroatoms. The second kappa shape index (κ2) is 8.39. The van der Waals surface area contributed by atoms with Crippen molar-refractivity contribution in [1.82, 2.24) is 10.0 Å². The second-order valence-electron chi connectivity index (χ2n) is 5.93. The number of sulfonamides is 1. The minimum Gasteiger partial charge on any atom is -0.454 e. The molecular weight excluding hydrogens is 351 g/mol. The van der Waals surface area contributed by atoms with Crippen molar-refractivity contribution in [3.63, 3.8) is 0 Å². The topological polar surface area (TPSA) is 102 Å². The van der Waals surface area contributed by atoms with Gasteiger partial charge in [-0.25, -0.2) is 12.8 Å². The molecular formula is C16H21FN2O5S. The lowest BCUT2D eigenvalue weighted by Crippen LogP contribution is -2.42. The molecule has 2 rings (SSSR count). The van der Waals surface area contributed by atoms with E-state index in [0.29, 0.717) is 0 Å². The molecule has 0 bridgehead atoms. The Bertz CT molecular complexity index is 732. The van der Waals surface area contributed by atoms with Crippen LogP contribution in [0.25, 0.3) is 0 Å². The fourth-order valence-electron chi connectivity index (χ4n) is 2.61. The molecule has 0 saturated heterocycles. The highest BCUT2D eigenvalue weighted by molar-refractivity contribution is 7.89. The van der Waals surface area contributed by atoms with E-state index in [2.05, 4.69) is 5.32 Å². The molecule has 7 nitrogen and oxygen atoms in total. The molecule has 25 heavy (non-hydrogen) atoms. The molecule has 1 saturated carbocycles. The molecule has 1 aromatic carbocycles. The van der Waals surface area contributed by atoms with Crippen molar-refractivity contribution < 1.29 is 27.1 Å². The van der Waals surface area contributed by atoms with Gasteiger partial charge in [-0.05, 0) is 31.9 Å². The molecule has 1 amide bonds. The van der Waals surface area contributed by atoms with E-state index in [1.165, 1.54) is 19.1 Å². The van der Waals surface area contributed by atoms with E-state index in [4.69, 9.17) is 4.74 Å². The first-order valence-electron chi connectivity index (χ1n) is 8.02. The standard InChI is InChI=1S/C16H21FN2O5S/c1-11(19-25(22,23)14-9-5-4-8-13(14)17)16(21)24-10-15(20)18-12-6-2-3-7-12/h4-5,8-9,11-12,19H,2-3,6-7,10H2,1H3,(H,18,20)/t11-/m0/s1. The highest BCUT2D eigenvalue weighted by Crippen LogP contribution is 2.17. The van der Waals surface area contributed by atoms with Crippen LogP contribution >= 0.6 is 0 Å². The van der Waals surface area contributed by atoms with Crippen molar-refractivity contribution in [2.75, 3.05) is 6.61 Å². The highest BCUT2D eigenvalue weighted by atomic mass is 32.2. The van der Waals surface area contributed by atoms with Crippen molar-refractivity contribution in [2.24, 2.45) is 0 Å². The minimum atomic E-state index is -4.22. The maximum atomic E-state index is 13.6. The van der Waals surface area contributed by atoms with Gasteiger partial charge in [0.2, 0.25) is 10.0 Å². The lowest BCUT2D eigenvalue weighted by Gasteiger charge is -2.15. The molecule has 0 radical (unpaired) electrons. The van der Waals surface area contributed by atoms with Gasteiger partial charge < -0.3 is 10.1 Å². The van der Waals surface area contributed by atoms with E-state index in [1.807, 2.05) is 4.72 Å². The fraction of sp³-hybridized carbons (Fsp3) is 0.500. The third-order valence-corrected chi connectivity index (χ3v) is 5.45. The number of benzene rings is 1. The van der Waals surface area contributed by atoms with E-state index in [1.54, 1.807) is 0 Å². The maximum absolute atomic E-state index is 13.6. The number of halogens is 1. The van der Waals surface area contributed by atoms with Crippen molar-refractivity contribution in [2.45, 2.75) is 49.6 Å². The number of hydrogen-bond donors (Lipinski definition) is 2. The third-order valence-electron chi connectivity index (χ3n) is 3.88. The van der Waals surface area contributed by atoms with Gasteiger partial charge in [-0.15, -0.1) is 0 Å². The van der Waals surface area contributed by atoms with Gasteiger partial charge in [0.05, 0.1) is 0 Å². The van der Waals surface area contributed by atoms with Crippen LogP contribution < -0.4 is 10.0 Å². The maximum Gasteiger partial charge on any atom is 0.324 e. The molecule has 1 fully saturated rings. The number of rotatable bonds is 7. The summed E-state index contributed by atoms with van der Waals surface area (Å²) in [7, 11) is -4.22. The highest BCUT2D eigenvalue weighted by Gasteiger charge is 2.26. The van der Waals surface area contributed by atoms with Gasteiger partial charge in [-0.1, -0.05) is 25.0 Å². The number of amides is 1. The van der Waals surface area contributed by atoms with Crippen LogP contribution in [0.2, 0.25) is 0 Å². The quantitative estimate of drug-likeness (QED) is 0.698. The molecule has 0 unspecified atom stereocenters. The Morgan fingerprint density at radius 3 is 2.56 bits per heavy atom. The zero-order valence-corrected chi connectivity index (χ0v) is 14.6. The molecule has 1 aliphatic carbocycles. The Balaban J connectivity index is 1.85. The number of esters is 1. The summed E-state index contributed by atoms with van der Waals surface area (Å²) in [5.74, 6) is -2.27. The van der Waals surface area contributed by atoms with E-state index in [0.717, 1.165) is 37.8 Å². The van der Waals surface area contributed by atoms with Gasteiger partial charge in [-0.3, -0.25) is 9.59 Å². The van der Waals surface area contributed by atoms with Gasteiger partial charge in [0.25, 0.3) is 5.91 Å². The second-order valence-corrected chi connectivity index (χ2v) is 7.61. The number of carbonyl (C=O) groups is 2. The molecule has 138 valence electrons. The predicted molar refractivity (Wildman–Crippen MR) is 87.5 cm³/mol. The number of hydrogen-bond acceptors (Lipinski definition) is 5. The zero-order valence-electron chi connectivity index (χ0n) is 13.8. The Morgan fingerprint density at radius 2 is 1.92 bits per heavy atom. The van der Waals surface area contributed by atoms with E-state index < -0.39 is 45.3 Å². The average molecular weight is 372 g/mol. The van der Waals surface area contributed by atoms with Crippen LogP contribution in [-0.4, -0.2) is 39.0 Å². The summed E-state index contributed by atoms with van der Waals surface area (Å²) in [4.78, 5) is 23.0. The van der Waals surface area contributed by atoms with E-state index in [9.17, 15) is 22.4 Å². The van der Waals surface area contributed by atoms with Crippen LogP contribution in [0, 0.1) is 5.82 Å². The van der Waals surface area contributed by atoms with Crippen LogP contribution in [0.1, 0.15) is 32.6 Å². The molecule has 0 heterocycles. The van der Waals surface area contributed by atoms with E-state index >= 15 is 0 Å². The SMILES string of the molecule is C[C@H](NS(=O)(=O)c1ccccc1F)C(=O)OCC(=O)NC1CCCC1. The normalized spacial score (nSPS) is 16.4. The molecule has 0 aliphatic heterocycles. The van der Waals surface area contributed by atoms with Crippen LogP contribution in [0.15, 0.2) is 29.2 Å². The largest absolute Gasteiger partial charge is 0.454 e. The summed E-state index contributed by atoms with van der Waals surface area (Å²) < 4.78 is 44.6. The first-order valence-corrected chi connectivity index (χ1v) is 9.51. The number of nitrogens with one attached hydrogen (secondary N) is 2. The average Bonchev–Trinajstić information content (AvgIpc) is 3.05. The third kappa shape index (κ3) is 5.50. The Kier molecular flexibility index (Phi) is 6.49. The zero-order chi connectivity index (χ0) is 18.4. The van der Waals surface area contributed by atoms with Gasteiger partial charge in [-0.2, -0.15) is 4.72 Å². The minimum absolute atomic E-state index is 0.100. The summed E-state index contributed by atoms with van der Waals surface area (Å²) >= 11 is 0. The lowest BCUT2D eigenvalue weighted by molar-refractivity contribution is -0.149. The Labute approximate surface area is 146 Å². The van der Waals surface area contributed by atoms with Gasteiger partial charge in [0, 0.05) is 6.04 Å². The summed E-state index contributed by atoms with van der Waals surface area (Å²) in [6, 6.07) is 3.66. The molecule has 1 aliphatic rings. The lowest BCUT2D eigenvalue weighted by atomic mass is 10.2. The van der Waals surface area contributed by atoms with Gasteiger partial charge in [0.15, 0.2) is 6.61 Å². The number of carbonyl (C=O) groups excluding carboxylic acids is 2. The first kappa shape index (κ1) is 19.3. The predicted octanol–water partition coefficient (Wildman–Crippen LogP) is 1.09. The summed E-state index contributed by atoms with van der Waals surface area (Å²) in [6.07, 6.45) is 3.91. The molecule has 0 aromatic heterocycles. The van der Waals surface area contributed by atoms with Crippen LogP contribution in [0.4, 0.5) is 4.39 Å². The van der Waals surface area contributed by atoms with Crippen LogP contribution in [-0.2, 0) is 24.3 Å². The van der Waals surface area contributed by atoms with Gasteiger partial charge in [0.1, 0.15) is 16.8 Å². The monoisotopic (exact) mass is 372 g/mol. The van der Waals surface area contributed by atoms with Crippen LogP contribution in [0.3, 0.4) is 0 Å². The smallest absolute Gasteiger partial charge is 0.324 e.